The molecule has 6 nitrogen and oxygen atoms in total. The first-order valence-corrected chi connectivity index (χ1v) is 13.0. The number of rotatable bonds is 10. The Morgan fingerprint density at radius 2 is 1.82 bits per heavy atom. The third-order valence-electron chi connectivity index (χ3n) is 6.71. The summed E-state index contributed by atoms with van der Waals surface area (Å²) in [5, 5.41) is 6.25. The first kappa shape index (κ1) is 27.6. The van der Waals surface area contributed by atoms with E-state index >= 15 is 0 Å². The van der Waals surface area contributed by atoms with Crippen LogP contribution < -0.4 is 15.4 Å². The van der Waals surface area contributed by atoms with Crippen LogP contribution >= 0.6 is 0 Å². The first-order chi connectivity index (χ1) is 18.8. The Morgan fingerprint density at radius 3 is 2.46 bits per heavy atom. The minimum Gasteiger partial charge on any atom is -0.496 e. The molecule has 0 fully saturated rings. The lowest BCUT2D eigenvalue weighted by molar-refractivity contribution is 0.0947. The number of carbonyl (C=O) groups excluding carboxylic acids is 2. The summed E-state index contributed by atoms with van der Waals surface area (Å²) in [6, 6.07) is 13.5. The van der Waals surface area contributed by atoms with E-state index in [9.17, 15) is 14.0 Å². The molecule has 0 saturated heterocycles. The highest BCUT2D eigenvalue weighted by Gasteiger charge is 2.24. The molecule has 3 aromatic carbocycles. The molecule has 0 radical (unpaired) electrons. The molecule has 0 aliphatic carbocycles. The van der Waals surface area contributed by atoms with Gasteiger partial charge in [-0.3, -0.25) is 9.59 Å². The third-order valence-corrected chi connectivity index (χ3v) is 6.71. The molecule has 4 aromatic rings. The number of fused-ring (bicyclic) bond motifs is 1. The molecule has 0 atom stereocenters. The van der Waals surface area contributed by atoms with E-state index in [1.807, 2.05) is 31.2 Å². The molecule has 202 valence electrons. The summed E-state index contributed by atoms with van der Waals surface area (Å²) in [6.07, 6.45) is 4.05. The van der Waals surface area contributed by atoms with Gasteiger partial charge in [0.2, 0.25) is 0 Å². The normalized spacial score (nSPS) is 10.9. The fourth-order valence-corrected chi connectivity index (χ4v) is 4.77. The summed E-state index contributed by atoms with van der Waals surface area (Å²) in [7, 11) is 3.11. The maximum absolute atomic E-state index is 13.6. The van der Waals surface area contributed by atoms with Crippen LogP contribution in [0.25, 0.3) is 33.4 Å². The fraction of sp³-hybridized carbons (Fsp3) is 0.250. The van der Waals surface area contributed by atoms with Crippen LogP contribution in [0.2, 0.25) is 0 Å². The van der Waals surface area contributed by atoms with E-state index in [4.69, 9.17) is 9.15 Å². The molecule has 2 amide bonds. The quantitative estimate of drug-likeness (QED) is 0.174. The maximum Gasteiger partial charge on any atom is 0.255 e. The van der Waals surface area contributed by atoms with Crippen LogP contribution in [0.1, 0.15) is 51.6 Å². The topological polar surface area (TPSA) is 80.6 Å². The minimum atomic E-state index is -0.372. The van der Waals surface area contributed by atoms with Crippen molar-refractivity contribution in [2.45, 2.75) is 33.1 Å². The molecule has 1 heterocycles. The maximum atomic E-state index is 13.6. The number of nitrogens with one attached hydrogen (secondary N) is 2. The van der Waals surface area contributed by atoms with Gasteiger partial charge in [-0.25, -0.2) is 4.39 Å². The third kappa shape index (κ3) is 5.58. The summed E-state index contributed by atoms with van der Waals surface area (Å²) in [4.78, 5) is 26.2. The smallest absolute Gasteiger partial charge is 0.255 e. The Bertz CT molecular complexity index is 1540. The van der Waals surface area contributed by atoms with Crippen molar-refractivity contribution in [1.29, 1.82) is 0 Å². The van der Waals surface area contributed by atoms with Crippen molar-refractivity contribution in [3.05, 3.63) is 89.3 Å². The van der Waals surface area contributed by atoms with Gasteiger partial charge < -0.3 is 19.8 Å². The van der Waals surface area contributed by atoms with Crippen LogP contribution in [0.3, 0.4) is 0 Å². The van der Waals surface area contributed by atoms with Gasteiger partial charge in [0.1, 0.15) is 22.9 Å². The molecule has 1 aromatic heterocycles. The summed E-state index contributed by atoms with van der Waals surface area (Å²) < 4.78 is 25.4. The molecule has 39 heavy (non-hydrogen) atoms. The zero-order valence-electron chi connectivity index (χ0n) is 22.7. The summed E-state index contributed by atoms with van der Waals surface area (Å²) in [6.45, 7) is 8.23. The predicted octanol–water partition coefficient (Wildman–Crippen LogP) is 6.84. The first-order valence-electron chi connectivity index (χ1n) is 13.0. The number of amides is 2. The summed E-state index contributed by atoms with van der Waals surface area (Å²) >= 11 is 0. The second-order valence-electron chi connectivity index (χ2n) is 9.35. The van der Waals surface area contributed by atoms with Gasteiger partial charge in [-0.05, 0) is 90.6 Å². The molecule has 7 heteroatoms. The SMILES string of the molecule is C=CCCNC(=O)c1cc(-c2cc3c(C(=O)NC)c(-c4ccc(F)cc4)oc3cc2CCC)c(C)cc1OC. The Labute approximate surface area is 227 Å². The molecular weight excluding hydrogens is 495 g/mol. The lowest BCUT2D eigenvalue weighted by atomic mass is 9.90. The Kier molecular flexibility index (Phi) is 8.49. The predicted molar refractivity (Wildman–Crippen MR) is 153 cm³/mol. The van der Waals surface area contributed by atoms with Crippen molar-refractivity contribution in [3.8, 4) is 28.2 Å². The summed E-state index contributed by atoms with van der Waals surface area (Å²) in [5.74, 6) is -0.0589. The fourth-order valence-electron chi connectivity index (χ4n) is 4.77. The zero-order valence-corrected chi connectivity index (χ0v) is 22.7. The molecule has 0 saturated carbocycles. The van der Waals surface area contributed by atoms with Crippen LogP contribution in [-0.4, -0.2) is 32.5 Å². The van der Waals surface area contributed by atoms with Crippen LogP contribution in [0, 0.1) is 12.7 Å². The van der Waals surface area contributed by atoms with Crippen molar-refractivity contribution in [2.75, 3.05) is 20.7 Å². The van der Waals surface area contributed by atoms with Gasteiger partial charge in [0, 0.05) is 24.5 Å². The lowest BCUT2D eigenvalue weighted by Crippen LogP contribution is -2.24. The van der Waals surface area contributed by atoms with Crippen LogP contribution in [0.5, 0.6) is 5.75 Å². The Morgan fingerprint density at radius 1 is 1.08 bits per heavy atom. The number of hydrogen-bond acceptors (Lipinski definition) is 4. The number of carbonyl (C=O) groups is 2. The number of aryl methyl sites for hydroxylation is 2. The number of methoxy groups -OCH3 is 1. The van der Waals surface area contributed by atoms with E-state index in [1.54, 1.807) is 32.4 Å². The molecule has 0 unspecified atom stereocenters. The number of hydrogen-bond donors (Lipinski definition) is 2. The van der Waals surface area contributed by atoms with Crippen LogP contribution in [-0.2, 0) is 6.42 Å². The van der Waals surface area contributed by atoms with E-state index in [-0.39, 0.29) is 17.6 Å². The van der Waals surface area contributed by atoms with Crippen molar-refractivity contribution in [2.24, 2.45) is 0 Å². The second-order valence-corrected chi connectivity index (χ2v) is 9.35. The van der Waals surface area contributed by atoms with E-state index in [1.165, 1.54) is 12.1 Å². The molecule has 0 aliphatic heterocycles. The van der Waals surface area contributed by atoms with E-state index < -0.39 is 0 Å². The van der Waals surface area contributed by atoms with E-state index in [0.717, 1.165) is 35.1 Å². The van der Waals surface area contributed by atoms with Gasteiger partial charge in [-0.2, -0.15) is 0 Å². The molecule has 4 rings (SSSR count). The summed E-state index contributed by atoms with van der Waals surface area (Å²) in [5.41, 5.74) is 5.68. The van der Waals surface area contributed by atoms with E-state index in [0.29, 0.717) is 52.1 Å². The highest BCUT2D eigenvalue weighted by Crippen LogP contribution is 2.40. The number of benzene rings is 3. The van der Waals surface area contributed by atoms with Crippen molar-refractivity contribution < 1.29 is 23.1 Å². The molecule has 0 aliphatic rings. The standard InChI is InChI=1S/C32H33FN2O4/c1-6-8-14-35-31(36)26-17-23(19(3)15-27(26)38-5)24-18-25-28(16-21(24)9-7-2)39-30(29(25)32(37)34-4)20-10-12-22(33)13-11-20/h6,10-13,15-18H,1,7-9,14H2,2-5H3,(H,34,37)(H,35,36). The zero-order chi connectivity index (χ0) is 28.1. The molecular formula is C32H33FN2O4. The Balaban J connectivity index is 1.96. The van der Waals surface area contributed by atoms with Gasteiger partial charge in [0.05, 0.1) is 18.2 Å². The van der Waals surface area contributed by atoms with Crippen molar-refractivity contribution in [3.63, 3.8) is 0 Å². The number of furan rings is 1. The Hall–Kier alpha value is -4.39. The average Bonchev–Trinajstić information content (AvgIpc) is 3.31. The minimum absolute atomic E-state index is 0.235. The molecule has 0 spiro atoms. The monoisotopic (exact) mass is 528 g/mol. The van der Waals surface area contributed by atoms with Gasteiger partial charge >= 0.3 is 0 Å². The lowest BCUT2D eigenvalue weighted by Gasteiger charge is -2.17. The average molecular weight is 529 g/mol. The van der Waals surface area contributed by atoms with Gasteiger partial charge in [-0.1, -0.05) is 19.4 Å². The highest BCUT2D eigenvalue weighted by atomic mass is 19.1. The second kappa shape index (κ2) is 12.0. The molecule has 0 bridgehead atoms. The van der Waals surface area contributed by atoms with Crippen molar-refractivity contribution in [1.82, 2.24) is 10.6 Å². The van der Waals surface area contributed by atoms with Gasteiger partial charge in [0.15, 0.2) is 0 Å². The van der Waals surface area contributed by atoms with E-state index in [2.05, 4.69) is 24.1 Å². The highest BCUT2D eigenvalue weighted by molar-refractivity contribution is 6.12. The van der Waals surface area contributed by atoms with Gasteiger partial charge in [-0.15, -0.1) is 6.58 Å². The van der Waals surface area contributed by atoms with Gasteiger partial charge in [0.25, 0.3) is 11.8 Å². The largest absolute Gasteiger partial charge is 0.496 e. The van der Waals surface area contributed by atoms with Crippen molar-refractivity contribution >= 4 is 22.8 Å². The van der Waals surface area contributed by atoms with Crippen LogP contribution in [0.15, 0.2) is 65.6 Å². The number of halogens is 1. The van der Waals surface area contributed by atoms with Crippen LogP contribution in [0.4, 0.5) is 4.39 Å². The number of ether oxygens (including phenoxy) is 1. The molecule has 2 N–H and O–H groups in total.